The summed E-state index contributed by atoms with van der Waals surface area (Å²) in [6.45, 7) is 1.79. The van der Waals surface area contributed by atoms with Gasteiger partial charge in [-0.05, 0) is 12.1 Å². The summed E-state index contributed by atoms with van der Waals surface area (Å²) in [4.78, 5) is 0. The van der Waals surface area contributed by atoms with Crippen molar-refractivity contribution in [3.63, 3.8) is 0 Å². The summed E-state index contributed by atoms with van der Waals surface area (Å²) < 4.78 is 12.8. The van der Waals surface area contributed by atoms with Gasteiger partial charge in [-0.15, -0.1) is 0 Å². The molecule has 2 aromatic rings. The summed E-state index contributed by atoms with van der Waals surface area (Å²) in [7, 11) is 0. The van der Waals surface area contributed by atoms with Gasteiger partial charge >= 0.3 is 0 Å². The first-order valence-electron chi connectivity index (χ1n) is 6.39. The highest BCUT2D eigenvalue weighted by molar-refractivity contribution is 5.31. The van der Waals surface area contributed by atoms with Crippen molar-refractivity contribution in [3.8, 4) is 5.69 Å². The van der Waals surface area contributed by atoms with Crippen LogP contribution >= 0.6 is 0 Å². The Kier molecular flexibility index (Phi) is 3.59. The fourth-order valence-corrected chi connectivity index (χ4v) is 2.16. The molecule has 1 aromatic carbocycles. The van der Waals surface area contributed by atoms with Gasteiger partial charge in [-0.3, -0.25) is 0 Å². The fourth-order valence-electron chi connectivity index (χ4n) is 2.16. The Morgan fingerprint density at radius 3 is 2.84 bits per heavy atom. The predicted octanol–water partition coefficient (Wildman–Crippen LogP) is 1.29. The molecule has 1 aliphatic heterocycles. The number of hydrogen-bond acceptors (Lipinski definition) is 4. The summed E-state index contributed by atoms with van der Waals surface area (Å²) in [6.07, 6.45) is 3.63. The van der Waals surface area contributed by atoms with Crippen molar-refractivity contribution in [1.29, 1.82) is 0 Å². The molecule has 1 saturated heterocycles. The number of aromatic nitrogens is 2. The number of nitrogens with two attached hydrogens (primary N) is 1. The molecule has 5 heteroatoms. The van der Waals surface area contributed by atoms with Gasteiger partial charge in [0.15, 0.2) is 0 Å². The van der Waals surface area contributed by atoms with E-state index in [4.69, 9.17) is 15.2 Å². The summed E-state index contributed by atoms with van der Waals surface area (Å²) in [5, 5.41) is 4.34. The smallest absolute Gasteiger partial charge is 0.100 e. The molecule has 0 radical (unpaired) electrons. The van der Waals surface area contributed by atoms with Crippen LogP contribution in [0.2, 0.25) is 0 Å². The fraction of sp³-hybridized carbons (Fsp3) is 0.357. The first-order chi connectivity index (χ1) is 9.34. The Morgan fingerprint density at radius 2 is 2.11 bits per heavy atom. The Labute approximate surface area is 111 Å². The lowest BCUT2D eigenvalue weighted by molar-refractivity contribution is -0.0975. The van der Waals surface area contributed by atoms with Crippen LogP contribution in [0, 0.1) is 0 Å². The average molecular weight is 259 g/mol. The normalized spacial score (nSPS) is 21.2. The monoisotopic (exact) mass is 259 g/mol. The number of ether oxygens (including phenoxy) is 2. The summed E-state index contributed by atoms with van der Waals surface area (Å²) in [5.74, 6) is 0. The Balaban J connectivity index is 1.77. The minimum Gasteiger partial charge on any atom is -0.376 e. The molecule has 5 nitrogen and oxygen atoms in total. The van der Waals surface area contributed by atoms with E-state index in [-0.39, 0.29) is 12.1 Å². The second-order valence-electron chi connectivity index (χ2n) is 4.56. The molecule has 1 aliphatic rings. The van der Waals surface area contributed by atoms with Crippen molar-refractivity contribution in [2.45, 2.75) is 12.1 Å². The maximum Gasteiger partial charge on any atom is 0.100 e. The number of rotatable bonds is 3. The highest BCUT2D eigenvalue weighted by Gasteiger charge is 2.24. The SMILES string of the molecule is NC(c1cnn(-c2ccccc2)c1)C1COCCO1. The number of hydrogen-bond donors (Lipinski definition) is 1. The van der Waals surface area contributed by atoms with Crippen LogP contribution in [0.25, 0.3) is 5.69 Å². The molecular weight excluding hydrogens is 242 g/mol. The van der Waals surface area contributed by atoms with Crippen molar-refractivity contribution in [2.75, 3.05) is 19.8 Å². The minimum absolute atomic E-state index is 0.0952. The van der Waals surface area contributed by atoms with E-state index in [1.54, 1.807) is 6.20 Å². The number of benzene rings is 1. The molecule has 0 spiro atoms. The maximum atomic E-state index is 6.20. The largest absolute Gasteiger partial charge is 0.376 e. The molecule has 0 saturated carbocycles. The first kappa shape index (κ1) is 12.3. The maximum absolute atomic E-state index is 6.20. The molecule has 1 fully saturated rings. The van der Waals surface area contributed by atoms with Crippen LogP contribution in [0.4, 0.5) is 0 Å². The lowest BCUT2D eigenvalue weighted by Gasteiger charge is -2.27. The second-order valence-corrected chi connectivity index (χ2v) is 4.56. The topological polar surface area (TPSA) is 62.3 Å². The second kappa shape index (κ2) is 5.52. The number of para-hydroxylation sites is 1. The van der Waals surface area contributed by atoms with Crippen LogP contribution < -0.4 is 5.73 Å². The van der Waals surface area contributed by atoms with E-state index in [0.717, 1.165) is 11.3 Å². The van der Waals surface area contributed by atoms with Crippen molar-refractivity contribution in [2.24, 2.45) is 5.73 Å². The van der Waals surface area contributed by atoms with Gasteiger partial charge in [0.25, 0.3) is 0 Å². The van der Waals surface area contributed by atoms with Crippen molar-refractivity contribution in [3.05, 3.63) is 48.3 Å². The van der Waals surface area contributed by atoms with E-state index in [9.17, 15) is 0 Å². The van der Waals surface area contributed by atoms with Gasteiger partial charge in [0.05, 0.1) is 37.7 Å². The average Bonchev–Trinajstić information content (AvgIpc) is 2.98. The van der Waals surface area contributed by atoms with Gasteiger partial charge in [-0.1, -0.05) is 18.2 Å². The molecule has 0 aliphatic carbocycles. The molecular formula is C14H17N3O2. The highest BCUT2D eigenvalue weighted by Crippen LogP contribution is 2.19. The van der Waals surface area contributed by atoms with E-state index in [1.165, 1.54) is 0 Å². The molecule has 0 bridgehead atoms. The zero-order chi connectivity index (χ0) is 13.1. The van der Waals surface area contributed by atoms with E-state index in [2.05, 4.69) is 5.10 Å². The highest BCUT2D eigenvalue weighted by atomic mass is 16.6. The lowest BCUT2D eigenvalue weighted by Crippen LogP contribution is -2.37. The molecule has 2 N–H and O–H groups in total. The summed E-state index contributed by atoms with van der Waals surface area (Å²) >= 11 is 0. The summed E-state index contributed by atoms with van der Waals surface area (Å²) in [6, 6.07) is 9.74. The van der Waals surface area contributed by atoms with Gasteiger partial charge in [0.2, 0.25) is 0 Å². The van der Waals surface area contributed by atoms with Crippen LogP contribution in [0.3, 0.4) is 0 Å². The van der Waals surface area contributed by atoms with E-state index < -0.39 is 0 Å². The standard InChI is InChI=1S/C14H17N3O2/c15-14(13-10-18-6-7-19-13)11-8-16-17(9-11)12-4-2-1-3-5-12/h1-5,8-9,13-14H,6-7,10,15H2. The third kappa shape index (κ3) is 2.68. The Morgan fingerprint density at radius 1 is 1.26 bits per heavy atom. The van der Waals surface area contributed by atoms with E-state index >= 15 is 0 Å². The third-order valence-electron chi connectivity index (χ3n) is 3.25. The zero-order valence-corrected chi connectivity index (χ0v) is 10.6. The Hall–Kier alpha value is -1.69. The van der Waals surface area contributed by atoms with Crippen LogP contribution in [-0.2, 0) is 9.47 Å². The molecule has 2 unspecified atom stereocenters. The molecule has 2 heterocycles. The van der Waals surface area contributed by atoms with Crippen LogP contribution in [0.1, 0.15) is 11.6 Å². The Bertz CT molecular complexity index is 520. The van der Waals surface area contributed by atoms with Crippen molar-refractivity contribution < 1.29 is 9.47 Å². The molecule has 2 atom stereocenters. The third-order valence-corrected chi connectivity index (χ3v) is 3.25. The zero-order valence-electron chi connectivity index (χ0n) is 10.6. The number of nitrogens with zero attached hydrogens (tertiary/aromatic N) is 2. The van der Waals surface area contributed by atoms with Gasteiger partial charge in [-0.25, -0.2) is 4.68 Å². The van der Waals surface area contributed by atoms with Gasteiger partial charge in [0, 0.05) is 11.8 Å². The van der Waals surface area contributed by atoms with E-state index in [1.807, 2.05) is 41.2 Å². The van der Waals surface area contributed by atoms with Gasteiger partial charge < -0.3 is 15.2 Å². The molecule has 100 valence electrons. The lowest BCUT2D eigenvalue weighted by atomic mass is 10.1. The first-order valence-corrected chi connectivity index (χ1v) is 6.39. The quantitative estimate of drug-likeness (QED) is 0.902. The molecule has 3 rings (SSSR count). The van der Waals surface area contributed by atoms with E-state index in [0.29, 0.717) is 19.8 Å². The predicted molar refractivity (Wildman–Crippen MR) is 71.1 cm³/mol. The molecule has 0 amide bonds. The van der Waals surface area contributed by atoms with Crippen LogP contribution in [-0.4, -0.2) is 35.7 Å². The van der Waals surface area contributed by atoms with Crippen LogP contribution in [0.15, 0.2) is 42.7 Å². The minimum atomic E-state index is -0.210. The van der Waals surface area contributed by atoms with Crippen molar-refractivity contribution >= 4 is 0 Å². The van der Waals surface area contributed by atoms with Gasteiger partial charge in [-0.2, -0.15) is 5.10 Å². The van der Waals surface area contributed by atoms with Gasteiger partial charge in [0.1, 0.15) is 6.10 Å². The van der Waals surface area contributed by atoms with Crippen molar-refractivity contribution in [1.82, 2.24) is 9.78 Å². The summed E-state index contributed by atoms with van der Waals surface area (Å²) in [5.41, 5.74) is 8.18. The molecule has 19 heavy (non-hydrogen) atoms. The van der Waals surface area contributed by atoms with Crippen LogP contribution in [0.5, 0.6) is 0 Å². The molecule has 1 aromatic heterocycles.